The Morgan fingerprint density at radius 3 is 2.58 bits per heavy atom. The molecule has 5 heteroatoms. The lowest BCUT2D eigenvalue weighted by Crippen LogP contribution is -2.31. The number of aryl methyl sites for hydroxylation is 1. The molecule has 1 aromatic carbocycles. The van der Waals surface area contributed by atoms with Crippen molar-refractivity contribution in [3.63, 3.8) is 0 Å². The molecule has 1 N–H and O–H groups in total. The van der Waals surface area contributed by atoms with Gasteiger partial charge < -0.3 is 9.52 Å². The fourth-order valence-corrected chi connectivity index (χ4v) is 2.93. The number of furan rings is 1. The normalized spacial score (nSPS) is 17.9. The Morgan fingerprint density at radius 2 is 2.00 bits per heavy atom. The summed E-state index contributed by atoms with van der Waals surface area (Å²) in [5.41, 5.74) is 1.67. The van der Waals surface area contributed by atoms with Gasteiger partial charge in [-0.2, -0.15) is 0 Å². The van der Waals surface area contributed by atoms with Gasteiger partial charge in [0.1, 0.15) is 11.8 Å². The first kappa shape index (κ1) is 16.1. The van der Waals surface area contributed by atoms with Crippen molar-refractivity contribution in [2.24, 2.45) is 5.92 Å². The van der Waals surface area contributed by atoms with Crippen LogP contribution in [0.4, 0.5) is 5.69 Å². The predicted molar refractivity (Wildman–Crippen MR) is 89.6 cm³/mol. The number of hydrogen-bond acceptors (Lipinski definition) is 4. The maximum Gasteiger partial charge on any atom is 0.294 e. The average Bonchev–Trinajstić information content (AvgIpc) is 3.14. The van der Waals surface area contributed by atoms with Crippen molar-refractivity contribution in [2.45, 2.75) is 26.8 Å². The summed E-state index contributed by atoms with van der Waals surface area (Å²) >= 11 is 0. The van der Waals surface area contributed by atoms with Crippen LogP contribution in [0.25, 0.3) is 0 Å². The Balaban J connectivity index is 2.17. The van der Waals surface area contributed by atoms with Crippen LogP contribution < -0.4 is 4.90 Å². The third-order valence-corrected chi connectivity index (χ3v) is 4.09. The van der Waals surface area contributed by atoms with E-state index in [-0.39, 0.29) is 17.3 Å². The molecule has 24 heavy (non-hydrogen) atoms. The molecule has 1 aromatic heterocycles. The van der Waals surface area contributed by atoms with E-state index in [9.17, 15) is 14.7 Å². The number of carbonyl (C=O) groups excluding carboxylic acids is 2. The minimum absolute atomic E-state index is 0.0893. The summed E-state index contributed by atoms with van der Waals surface area (Å²) in [5, 5.41) is 10.4. The van der Waals surface area contributed by atoms with Crippen LogP contribution in [-0.2, 0) is 9.59 Å². The fraction of sp³-hybridized carbons (Fsp3) is 0.263. The van der Waals surface area contributed by atoms with E-state index in [1.807, 2.05) is 25.1 Å². The number of rotatable bonds is 4. The van der Waals surface area contributed by atoms with Gasteiger partial charge in [0.2, 0.25) is 0 Å². The molecule has 0 aliphatic carbocycles. The Hall–Kier alpha value is -2.82. The van der Waals surface area contributed by atoms with Crippen LogP contribution in [0.2, 0.25) is 0 Å². The number of benzene rings is 1. The second-order valence-corrected chi connectivity index (χ2v) is 6.21. The third-order valence-electron chi connectivity index (χ3n) is 4.09. The number of aliphatic hydroxyl groups excluding tert-OH is 1. The lowest BCUT2D eigenvalue weighted by atomic mass is 9.94. The van der Waals surface area contributed by atoms with Gasteiger partial charge in [-0.1, -0.05) is 26.0 Å². The molecule has 1 unspecified atom stereocenters. The summed E-state index contributed by atoms with van der Waals surface area (Å²) in [7, 11) is 0. The zero-order valence-electron chi connectivity index (χ0n) is 13.8. The van der Waals surface area contributed by atoms with Gasteiger partial charge >= 0.3 is 0 Å². The van der Waals surface area contributed by atoms with Gasteiger partial charge in [-0.15, -0.1) is 0 Å². The van der Waals surface area contributed by atoms with E-state index < -0.39 is 17.7 Å². The van der Waals surface area contributed by atoms with E-state index in [2.05, 4.69) is 0 Å². The quantitative estimate of drug-likeness (QED) is 0.930. The van der Waals surface area contributed by atoms with E-state index in [0.717, 1.165) is 5.56 Å². The molecule has 2 aromatic rings. The van der Waals surface area contributed by atoms with Gasteiger partial charge in [-0.05, 0) is 36.8 Å². The van der Waals surface area contributed by atoms with Crippen LogP contribution >= 0.6 is 0 Å². The van der Waals surface area contributed by atoms with Crippen molar-refractivity contribution < 1.29 is 19.1 Å². The van der Waals surface area contributed by atoms with Crippen LogP contribution in [0, 0.1) is 12.8 Å². The number of aliphatic hydroxyl groups is 1. The molecule has 0 spiro atoms. The predicted octanol–water partition coefficient (Wildman–Crippen LogP) is 3.71. The largest absolute Gasteiger partial charge is 0.503 e. The standard InChI is InChI=1S/C19H19NO4/c1-11(2)17(21)15-16(14-8-5-9-24-14)20(19(23)18(15)22)13-7-4-6-12(3)10-13/h4-11,16,22H,1-3H3. The first-order valence-corrected chi connectivity index (χ1v) is 7.82. The van der Waals surface area contributed by atoms with Crippen molar-refractivity contribution in [3.8, 4) is 0 Å². The van der Waals surface area contributed by atoms with E-state index in [4.69, 9.17) is 4.42 Å². The molecule has 5 nitrogen and oxygen atoms in total. The number of hydrogen-bond donors (Lipinski definition) is 1. The van der Waals surface area contributed by atoms with E-state index in [0.29, 0.717) is 11.4 Å². The molecule has 124 valence electrons. The van der Waals surface area contributed by atoms with E-state index in [1.165, 1.54) is 11.2 Å². The smallest absolute Gasteiger partial charge is 0.294 e. The van der Waals surface area contributed by atoms with Crippen LogP contribution in [0.5, 0.6) is 0 Å². The number of Topliss-reactive ketones (excluding diaryl/α,β-unsaturated/α-hetero) is 1. The summed E-state index contributed by atoms with van der Waals surface area (Å²) in [4.78, 5) is 26.7. The molecule has 2 heterocycles. The molecule has 3 rings (SSSR count). The summed E-state index contributed by atoms with van der Waals surface area (Å²) in [6, 6.07) is 9.99. The zero-order chi connectivity index (χ0) is 17.4. The number of ketones is 1. The van der Waals surface area contributed by atoms with Crippen molar-refractivity contribution in [1.29, 1.82) is 0 Å². The highest BCUT2D eigenvalue weighted by Gasteiger charge is 2.46. The minimum atomic E-state index is -0.760. The molecule has 0 radical (unpaired) electrons. The van der Waals surface area contributed by atoms with E-state index in [1.54, 1.807) is 32.0 Å². The van der Waals surface area contributed by atoms with Crippen LogP contribution in [0.15, 0.2) is 58.4 Å². The lowest BCUT2D eigenvalue weighted by Gasteiger charge is -2.25. The number of amides is 1. The molecule has 0 saturated carbocycles. The number of anilines is 1. The van der Waals surface area contributed by atoms with E-state index >= 15 is 0 Å². The molecule has 0 bridgehead atoms. The number of nitrogens with zero attached hydrogens (tertiary/aromatic N) is 1. The van der Waals surface area contributed by atoms with Gasteiger partial charge in [-0.3, -0.25) is 14.5 Å². The molecule has 0 saturated heterocycles. The highest BCUT2D eigenvalue weighted by molar-refractivity contribution is 6.16. The monoisotopic (exact) mass is 325 g/mol. The Labute approximate surface area is 140 Å². The summed E-state index contributed by atoms with van der Waals surface area (Å²) < 4.78 is 5.46. The van der Waals surface area contributed by atoms with Gasteiger partial charge in [0.05, 0.1) is 11.8 Å². The molecule has 1 atom stereocenters. The third kappa shape index (κ3) is 2.52. The second kappa shape index (κ2) is 6.00. The molecular formula is C19H19NO4. The average molecular weight is 325 g/mol. The lowest BCUT2D eigenvalue weighted by molar-refractivity contribution is -0.119. The van der Waals surface area contributed by atoms with Crippen LogP contribution in [-0.4, -0.2) is 16.8 Å². The summed E-state index contributed by atoms with van der Waals surface area (Å²) in [6.07, 6.45) is 1.49. The van der Waals surface area contributed by atoms with Gasteiger partial charge in [0, 0.05) is 11.6 Å². The van der Waals surface area contributed by atoms with Crippen LogP contribution in [0.1, 0.15) is 31.2 Å². The maximum atomic E-state index is 12.7. The van der Waals surface area contributed by atoms with Crippen molar-refractivity contribution in [1.82, 2.24) is 0 Å². The van der Waals surface area contributed by atoms with Crippen molar-refractivity contribution in [2.75, 3.05) is 4.90 Å². The summed E-state index contributed by atoms with van der Waals surface area (Å²) in [6.45, 7) is 5.39. The van der Waals surface area contributed by atoms with Crippen molar-refractivity contribution in [3.05, 3.63) is 65.3 Å². The highest BCUT2D eigenvalue weighted by atomic mass is 16.3. The fourth-order valence-electron chi connectivity index (χ4n) is 2.93. The van der Waals surface area contributed by atoms with Gasteiger partial charge in [-0.25, -0.2) is 0 Å². The molecule has 1 amide bonds. The first-order chi connectivity index (χ1) is 11.4. The Bertz CT molecular complexity index is 818. The van der Waals surface area contributed by atoms with Gasteiger partial charge in [0.15, 0.2) is 11.5 Å². The first-order valence-electron chi connectivity index (χ1n) is 7.82. The Morgan fingerprint density at radius 1 is 1.25 bits per heavy atom. The number of carbonyl (C=O) groups is 2. The molecular weight excluding hydrogens is 306 g/mol. The molecule has 0 fully saturated rings. The maximum absolute atomic E-state index is 12.7. The summed E-state index contributed by atoms with van der Waals surface area (Å²) in [5.74, 6) is -1.26. The van der Waals surface area contributed by atoms with Gasteiger partial charge in [0.25, 0.3) is 5.91 Å². The molecule has 1 aliphatic rings. The molecule has 1 aliphatic heterocycles. The topological polar surface area (TPSA) is 70.8 Å². The Kier molecular flexibility index (Phi) is 4.01. The second-order valence-electron chi connectivity index (χ2n) is 6.21. The minimum Gasteiger partial charge on any atom is -0.503 e. The zero-order valence-corrected chi connectivity index (χ0v) is 13.8. The highest BCUT2D eigenvalue weighted by Crippen LogP contribution is 2.41. The SMILES string of the molecule is Cc1cccc(N2C(=O)C(O)=C(C(=O)C(C)C)C2c2ccco2)c1. The van der Waals surface area contributed by atoms with Crippen molar-refractivity contribution >= 4 is 17.4 Å². The van der Waals surface area contributed by atoms with Crippen LogP contribution in [0.3, 0.4) is 0 Å².